The molecule has 2 aromatic heterocycles. The Morgan fingerprint density at radius 2 is 1.68 bits per heavy atom. The molecule has 0 radical (unpaired) electrons. The number of thiazole rings is 1. The third-order valence-electron chi connectivity index (χ3n) is 3.70. The van der Waals surface area contributed by atoms with Gasteiger partial charge in [-0.25, -0.2) is 4.98 Å². The van der Waals surface area contributed by atoms with E-state index in [-0.39, 0.29) is 0 Å². The molecule has 0 aliphatic heterocycles. The molecule has 7 heteroatoms. The van der Waals surface area contributed by atoms with Gasteiger partial charge in [0.2, 0.25) is 5.13 Å². The Morgan fingerprint density at radius 3 is 2.44 bits per heavy atom. The normalized spacial score (nSPS) is 11.0. The molecule has 0 saturated heterocycles. The van der Waals surface area contributed by atoms with E-state index in [9.17, 15) is 0 Å². The summed E-state index contributed by atoms with van der Waals surface area (Å²) in [7, 11) is 0. The molecule has 0 saturated carbocycles. The molecule has 0 atom stereocenters. The highest BCUT2D eigenvalue weighted by Crippen LogP contribution is 2.31. The molecule has 0 spiro atoms. The van der Waals surface area contributed by atoms with E-state index in [1.807, 2.05) is 47.8 Å². The summed E-state index contributed by atoms with van der Waals surface area (Å²) in [5.74, 6) is 0.536. The van der Waals surface area contributed by atoms with Gasteiger partial charge in [0.15, 0.2) is 0 Å². The van der Waals surface area contributed by atoms with Crippen molar-refractivity contribution in [2.45, 2.75) is 0 Å². The second-order valence-electron chi connectivity index (χ2n) is 5.38. The van der Waals surface area contributed by atoms with E-state index in [4.69, 9.17) is 28.9 Å². The zero-order valence-electron chi connectivity index (χ0n) is 12.9. The molecule has 0 aliphatic rings. The number of hydrogen-bond donors (Lipinski definition) is 1. The molecule has 2 aromatic carbocycles. The van der Waals surface area contributed by atoms with Crippen molar-refractivity contribution in [3.8, 4) is 27.6 Å². The highest BCUT2D eigenvalue weighted by atomic mass is 35.5. The number of anilines is 1. The van der Waals surface area contributed by atoms with E-state index in [1.165, 1.54) is 11.3 Å². The standard InChI is InChI=1S/C18H12Cl2N4S/c19-13-7-6-12(8-14(13)20)16-10-25-18(22-16)24-17(21)9-15(23-24)11-4-2-1-3-5-11/h1-10H,21H2. The lowest BCUT2D eigenvalue weighted by Crippen LogP contribution is -2.01. The Hall–Kier alpha value is -2.34. The van der Waals surface area contributed by atoms with Crippen LogP contribution in [0.5, 0.6) is 0 Å². The average molecular weight is 387 g/mol. The number of rotatable bonds is 3. The third-order valence-corrected chi connectivity index (χ3v) is 5.25. The Morgan fingerprint density at radius 1 is 0.880 bits per heavy atom. The number of aromatic nitrogens is 3. The van der Waals surface area contributed by atoms with Crippen molar-refractivity contribution in [1.29, 1.82) is 0 Å². The van der Waals surface area contributed by atoms with Crippen LogP contribution in [-0.2, 0) is 0 Å². The summed E-state index contributed by atoms with van der Waals surface area (Å²) in [6.45, 7) is 0. The van der Waals surface area contributed by atoms with Gasteiger partial charge in [-0.3, -0.25) is 0 Å². The van der Waals surface area contributed by atoms with Crippen molar-refractivity contribution < 1.29 is 0 Å². The first kappa shape index (κ1) is 16.1. The molecule has 0 fully saturated rings. The molecular formula is C18H12Cl2N4S. The third kappa shape index (κ3) is 3.14. The van der Waals surface area contributed by atoms with Gasteiger partial charge in [-0.15, -0.1) is 11.3 Å². The van der Waals surface area contributed by atoms with Crippen LogP contribution in [0.15, 0.2) is 60.0 Å². The number of nitrogen functional groups attached to an aromatic ring is 1. The van der Waals surface area contributed by atoms with Crippen molar-refractivity contribution >= 4 is 40.4 Å². The minimum atomic E-state index is 0.499. The van der Waals surface area contributed by atoms with Crippen molar-refractivity contribution in [3.05, 3.63) is 70.0 Å². The Labute approximate surface area is 158 Å². The summed E-state index contributed by atoms with van der Waals surface area (Å²) < 4.78 is 1.65. The molecule has 0 amide bonds. The summed E-state index contributed by atoms with van der Waals surface area (Å²) in [5, 5.41) is 8.24. The molecule has 0 bridgehead atoms. The van der Waals surface area contributed by atoms with Gasteiger partial charge in [-0.1, -0.05) is 59.6 Å². The Bertz CT molecular complexity index is 1040. The summed E-state index contributed by atoms with van der Waals surface area (Å²) in [6.07, 6.45) is 0. The second kappa shape index (κ2) is 6.52. The van der Waals surface area contributed by atoms with Gasteiger partial charge in [-0.05, 0) is 12.1 Å². The predicted octanol–water partition coefficient (Wildman–Crippen LogP) is 5.55. The number of hydrogen-bond acceptors (Lipinski definition) is 4. The smallest absolute Gasteiger partial charge is 0.212 e. The molecule has 4 nitrogen and oxygen atoms in total. The highest BCUT2D eigenvalue weighted by molar-refractivity contribution is 7.12. The zero-order chi connectivity index (χ0) is 17.4. The molecule has 0 unspecified atom stereocenters. The maximum absolute atomic E-state index is 6.13. The van der Waals surface area contributed by atoms with Gasteiger partial charge >= 0.3 is 0 Å². The van der Waals surface area contributed by atoms with E-state index in [1.54, 1.807) is 16.8 Å². The minimum absolute atomic E-state index is 0.499. The van der Waals surface area contributed by atoms with Crippen LogP contribution >= 0.6 is 34.5 Å². The van der Waals surface area contributed by atoms with E-state index in [0.717, 1.165) is 22.5 Å². The minimum Gasteiger partial charge on any atom is -0.383 e. The maximum Gasteiger partial charge on any atom is 0.212 e. The fourth-order valence-electron chi connectivity index (χ4n) is 2.45. The SMILES string of the molecule is Nc1cc(-c2ccccc2)nn1-c1nc(-c2ccc(Cl)c(Cl)c2)cs1. The van der Waals surface area contributed by atoms with Gasteiger partial charge in [-0.2, -0.15) is 9.78 Å². The Kier molecular flexibility index (Phi) is 4.21. The van der Waals surface area contributed by atoms with E-state index in [0.29, 0.717) is 21.0 Å². The lowest BCUT2D eigenvalue weighted by molar-refractivity contribution is 0.884. The fourth-order valence-corrected chi connectivity index (χ4v) is 3.55. The van der Waals surface area contributed by atoms with Crippen LogP contribution in [0.3, 0.4) is 0 Å². The van der Waals surface area contributed by atoms with Crippen molar-refractivity contribution in [3.63, 3.8) is 0 Å². The molecule has 0 aliphatic carbocycles. The number of benzene rings is 2. The summed E-state index contributed by atoms with van der Waals surface area (Å²) in [4.78, 5) is 4.63. The van der Waals surface area contributed by atoms with Crippen LogP contribution in [0.1, 0.15) is 0 Å². The van der Waals surface area contributed by atoms with Crippen LogP contribution in [-0.4, -0.2) is 14.8 Å². The van der Waals surface area contributed by atoms with E-state index < -0.39 is 0 Å². The molecule has 2 N–H and O–H groups in total. The molecule has 4 rings (SSSR count). The number of halogens is 2. The van der Waals surface area contributed by atoms with Crippen molar-refractivity contribution in [1.82, 2.24) is 14.8 Å². The van der Waals surface area contributed by atoms with Gasteiger partial charge in [0, 0.05) is 22.6 Å². The molecule has 25 heavy (non-hydrogen) atoms. The van der Waals surface area contributed by atoms with Gasteiger partial charge in [0.25, 0.3) is 0 Å². The monoisotopic (exact) mass is 386 g/mol. The molecule has 124 valence electrons. The van der Waals surface area contributed by atoms with Gasteiger partial charge in [0.1, 0.15) is 5.82 Å². The van der Waals surface area contributed by atoms with Crippen LogP contribution < -0.4 is 5.73 Å². The summed E-state index contributed by atoms with van der Waals surface area (Å²) >= 11 is 13.5. The Balaban J connectivity index is 1.71. The summed E-state index contributed by atoms with van der Waals surface area (Å²) in [5.41, 5.74) is 9.64. The summed E-state index contributed by atoms with van der Waals surface area (Å²) in [6, 6.07) is 17.2. The first-order chi connectivity index (χ1) is 12.1. The number of nitrogens with zero attached hydrogens (tertiary/aromatic N) is 3. The van der Waals surface area contributed by atoms with Gasteiger partial charge in [0.05, 0.1) is 21.4 Å². The molecular weight excluding hydrogens is 375 g/mol. The van der Waals surface area contributed by atoms with E-state index in [2.05, 4.69) is 10.1 Å². The zero-order valence-corrected chi connectivity index (χ0v) is 15.2. The molecule has 2 heterocycles. The second-order valence-corrected chi connectivity index (χ2v) is 7.03. The first-order valence-corrected chi connectivity index (χ1v) is 9.07. The lowest BCUT2D eigenvalue weighted by atomic mass is 10.2. The topological polar surface area (TPSA) is 56.7 Å². The fraction of sp³-hybridized carbons (Fsp3) is 0. The van der Waals surface area contributed by atoms with Crippen molar-refractivity contribution in [2.24, 2.45) is 0 Å². The molecule has 4 aromatic rings. The van der Waals surface area contributed by atoms with Gasteiger partial charge < -0.3 is 5.73 Å². The predicted molar refractivity (Wildman–Crippen MR) is 105 cm³/mol. The van der Waals surface area contributed by atoms with Crippen LogP contribution in [0.25, 0.3) is 27.6 Å². The maximum atomic E-state index is 6.13. The quantitative estimate of drug-likeness (QED) is 0.501. The highest BCUT2D eigenvalue weighted by Gasteiger charge is 2.13. The van der Waals surface area contributed by atoms with Crippen molar-refractivity contribution in [2.75, 3.05) is 5.73 Å². The average Bonchev–Trinajstić information content (AvgIpc) is 3.25. The number of nitrogens with two attached hydrogens (primary N) is 1. The van der Waals surface area contributed by atoms with E-state index >= 15 is 0 Å². The van der Waals surface area contributed by atoms with Crippen LogP contribution in [0, 0.1) is 0 Å². The van der Waals surface area contributed by atoms with Crippen LogP contribution in [0.4, 0.5) is 5.82 Å². The lowest BCUT2D eigenvalue weighted by Gasteiger charge is -2.00. The first-order valence-electron chi connectivity index (χ1n) is 7.44. The largest absolute Gasteiger partial charge is 0.383 e. The van der Waals surface area contributed by atoms with Crippen LogP contribution in [0.2, 0.25) is 10.0 Å².